The minimum absolute atomic E-state index is 0.153. The normalized spacial score (nSPS) is 10.4. The number of hydrogen-bond acceptors (Lipinski definition) is 5. The number of anilines is 2. The van der Waals surface area contributed by atoms with Crippen molar-refractivity contribution in [2.45, 2.75) is 19.8 Å². The summed E-state index contributed by atoms with van der Waals surface area (Å²) < 4.78 is 15.9. The molecule has 2 aromatic rings. The molecule has 0 saturated carbocycles. The molecule has 26 heavy (non-hydrogen) atoms. The molecule has 0 aliphatic carbocycles. The van der Waals surface area contributed by atoms with Crippen LogP contribution in [0.15, 0.2) is 36.4 Å². The summed E-state index contributed by atoms with van der Waals surface area (Å²) in [5, 5.41) is 6.04. The van der Waals surface area contributed by atoms with Gasteiger partial charge in [-0.3, -0.25) is 4.79 Å². The molecule has 0 heterocycles. The lowest BCUT2D eigenvalue weighted by atomic mass is 10.0. The lowest BCUT2D eigenvalue weighted by Gasteiger charge is -2.16. The van der Waals surface area contributed by atoms with Crippen LogP contribution in [0.4, 0.5) is 11.4 Å². The Labute approximate surface area is 154 Å². The van der Waals surface area contributed by atoms with Gasteiger partial charge >= 0.3 is 0 Å². The van der Waals surface area contributed by atoms with Crippen molar-refractivity contribution in [3.8, 4) is 17.2 Å². The SMILES string of the molecule is COc1cc(NC(=O)CNc2ccccc2C(C)C)cc(OC)c1OC. The topological polar surface area (TPSA) is 68.8 Å². The quantitative estimate of drug-likeness (QED) is 0.749. The van der Waals surface area contributed by atoms with Crippen LogP contribution in [0.1, 0.15) is 25.3 Å². The zero-order valence-electron chi connectivity index (χ0n) is 15.9. The maximum atomic E-state index is 12.3. The molecule has 6 heteroatoms. The largest absolute Gasteiger partial charge is 0.493 e. The molecule has 0 saturated heterocycles. The van der Waals surface area contributed by atoms with E-state index in [1.807, 2.05) is 18.2 Å². The van der Waals surface area contributed by atoms with Gasteiger partial charge in [0.05, 0.1) is 27.9 Å². The van der Waals surface area contributed by atoms with Crippen LogP contribution in [-0.4, -0.2) is 33.8 Å². The number of para-hydroxylation sites is 1. The number of nitrogens with one attached hydrogen (secondary N) is 2. The van der Waals surface area contributed by atoms with Crippen molar-refractivity contribution in [1.82, 2.24) is 0 Å². The number of carbonyl (C=O) groups is 1. The summed E-state index contributed by atoms with van der Waals surface area (Å²) in [7, 11) is 4.61. The Morgan fingerprint density at radius 2 is 1.62 bits per heavy atom. The third-order valence-electron chi connectivity index (χ3n) is 3.97. The second-order valence-electron chi connectivity index (χ2n) is 6.06. The van der Waals surface area contributed by atoms with Gasteiger partial charge in [0, 0.05) is 23.5 Å². The fourth-order valence-corrected chi connectivity index (χ4v) is 2.70. The first-order valence-corrected chi connectivity index (χ1v) is 8.42. The van der Waals surface area contributed by atoms with Gasteiger partial charge in [-0.25, -0.2) is 0 Å². The summed E-state index contributed by atoms with van der Waals surface area (Å²) in [5.74, 6) is 1.66. The van der Waals surface area contributed by atoms with Gasteiger partial charge in [-0.05, 0) is 17.5 Å². The van der Waals surface area contributed by atoms with E-state index in [2.05, 4.69) is 30.5 Å². The van der Waals surface area contributed by atoms with Gasteiger partial charge in [0.2, 0.25) is 11.7 Å². The number of amides is 1. The van der Waals surface area contributed by atoms with Crippen LogP contribution in [-0.2, 0) is 4.79 Å². The molecule has 140 valence electrons. The van der Waals surface area contributed by atoms with Crippen LogP contribution in [0.25, 0.3) is 0 Å². The van der Waals surface area contributed by atoms with Gasteiger partial charge in [-0.15, -0.1) is 0 Å². The molecule has 0 spiro atoms. The number of hydrogen-bond donors (Lipinski definition) is 2. The van der Waals surface area contributed by atoms with Crippen LogP contribution in [0.5, 0.6) is 17.2 Å². The van der Waals surface area contributed by atoms with Crippen molar-refractivity contribution >= 4 is 17.3 Å². The average molecular weight is 358 g/mol. The standard InChI is InChI=1S/C20H26N2O4/c1-13(2)15-8-6-7-9-16(15)21-12-19(23)22-14-10-17(24-3)20(26-5)18(11-14)25-4/h6-11,13,21H,12H2,1-5H3,(H,22,23). The summed E-state index contributed by atoms with van der Waals surface area (Å²) in [6, 6.07) is 11.4. The molecule has 0 unspecified atom stereocenters. The number of carbonyl (C=O) groups excluding carboxylic acids is 1. The summed E-state index contributed by atoms with van der Waals surface area (Å²) in [6.45, 7) is 4.40. The van der Waals surface area contributed by atoms with E-state index in [9.17, 15) is 4.79 Å². The molecule has 0 aliphatic heterocycles. The van der Waals surface area contributed by atoms with Gasteiger partial charge in [0.15, 0.2) is 11.5 Å². The fourth-order valence-electron chi connectivity index (χ4n) is 2.70. The van der Waals surface area contributed by atoms with Gasteiger partial charge in [0.1, 0.15) is 0 Å². The Bertz CT molecular complexity index is 734. The molecule has 6 nitrogen and oxygen atoms in total. The van der Waals surface area contributed by atoms with Crippen molar-refractivity contribution in [1.29, 1.82) is 0 Å². The van der Waals surface area contributed by atoms with Crippen molar-refractivity contribution in [2.75, 3.05) is 38.5 Å². The van der Waals surface area contributed by atoms with E-state index in [4.69, 9.17) is 14.2 Å². The maximum absolute atomic E-state index is 12.3. The zero-order valence-corrected chi connectivity index (χ0v) is 15.9. The lowest BCUT2D eigenvalue weighted by Crippen LogP contribution is -2.22. The second-order valence-corrected chi connectivity index (χ2v) is 6.06. The molecule has 1 amide bonds. The van der Waals surface area contributed by atoms with Crippen LogP contribution in [0.2, 0.25) is 0 Å². The third-order valence-corrected chi connectivity index (χ3v) is 3.97. The Morgan fingerprint density at radius 3 is 2.15 bits per heavy atom. The molecule has 0 fully saturated rings. The zero-order chi connectivity index (χ0) is 19.1. The Morgan fingerprint density at radius 1 is 1.00 bits per heavy atom. The van der Waals surface area contributed by atoms with E-state index in [1.165, 1.54) is 26.9 Å². The summed E-state index contributed by atoms with van der Waals surface area (Å²) in [6.07, 6.45) is 0. The van der Waals surface area contributed by atoms with E-state index < -0.39 is 0 Å². The highest BCUT2D eigenvalue weighted by Crippen LogP contribution is 2.39. The van der Waals surface area contributed by atoms with Crippen molar-refractivity contribution in [2.24, 2.45) is 0 Å². The van der Waals surface area contributed by atoms with Gasteiger partial charge in [0.25, 0.3) is 0 Å². The average Bonchev–Trinajstić information content (AvgIpc) is 2.65. The molecule has 2 N–H and O–H groups in total. The van der Waals surface area contributed by atoms with Crippen LogP contribution < -0.4 is 24.8 Å². The second kappa shape index (κ2) is 8.99. The molecular formula is C20H26N2O4. The number of methoxy groups -OCH3 is 3. The van der Waals surface area contributed by atoms with Gasteiger partial charge in [-0.2, -0.15) is 0 Å². The smallest absolute Gasteiger partial charge is 0.243 e. The van der Waals surface area contributed by atoms with Crippen LogP contribution >= 0.6 is 0 Å². The van der Waals surface area contributed by atoms with E-state index in [1.54, 1.807) is 12.1 Å². The highest BCUT2D eigenvalue weighted by molar-refractivity contribution is 5.94. The van der Waals surface area contributed by atoms with Gasteiger partial charge in [-0.1, -0.05) is 32.0 Å². The van der Waals surface area contributed by atoms with Crippen LogP contribution in [0.3, 0.4) is 0 Å². The first-order valence-electron chi connectivity index (χ1n) is 8.42. The van der Waals surface area contributed by atoms with E-state index >= 15 is 0 Å². The number of benzene rings is 2. The molecular weight excluding hydrogens is 332 g/mol. The highest BCUT2D eigenvalue weighted by atomic mass is 16.5. The number of ether oxygens (including phenoxy) is 3. The van der Waals surface area contributed by atoms with Crippen LogP contribution in [0, 0.1) is 0 Å². The first-order chi connectivity index (χ1) is 12.5. The highest BCUT2D eigenvalue weighted by Gasteiger charge is 2.14. The lowest BCUT2D eigenvalue weighted by molar-refractivity contribution is -0.114. The monoisotopic (exact) mass is 358 g/mol. The predicted molar refractivity (Wildman–Crippen MR) is 104 cm³/mol. The molecule has 0 aromatic heterocycles. The molecule has 0 radical (unpaired) electrons. The minimum Gasteiger partial charge on any atom is -0.493 e. The summed E-state index contributed by atoms with van der Waals surface area (Å²) in [5.41, 5.74) is 2.71. The Hall–Kier alpha value is -2.89. The number of rotatable bonds is 8. The first kappa shape index (κ1) is 19.4. The minimum atomic E-state index is -0.169. The summed E-state index contributed by atoms with van der Waals surface area (Å²) in [4.78, 5) is 12.3. The third kappa shape index (κ3) is 4.59. The van der Waals surface area contributed by atoms with Gasteiger partial charge < -0.3 is 24.8 Å². The molecule has 2 aromatic carbocycles. The van der Waals surface area contributed by atoms with Crippen molar-refractivity contribution in [3.05, 3.63) is 42.0 Å². The van der Waals surface area contributed by atoms with E-state index in [0.29, 0.717) is 28.9 Å². The van der Waals surface area contributed by atoms with Crippen molar-refractivity contribution < 1.29 is 19.0 Å². The Kier molecular flexibility index (Phi) is 6.72. The van der Waals surface area contributed by atoms with Crippen molar-refractivity contribution in [3.63, 3.8) is 0 Å². The predicted octanol–water partition coefficient (Wildman–Crippen LogP) is 3.89. The molecule has 0 atom stereocenters. The maximum Gasteiger partial charge on any atom is 0.243 e. The fraction of sp³-hybridized carbons (Fsp3) is 0.350. The Balaban J connectivity index is 2.09. The van der Waals surface area contributed by atoms with E-state index in [0.717, 1.165) is 5.69 Å². The molecule has 0 bridgehead atoms. The summed E-state index contributed by atoms with van der Waals surface area (Å²) >= 11 is 0. The molecule has 0 aliphatic rings. The molecule has 2 rings (SSSR count). The van der Waals surface area contributed by atoms with E-state index in [-0.39, 0.29) is 12.5 Å².